The second-order valence-corrected chi connectivity index (χ2v) is 1.97. The van der Waals surface area contributed by atoms with Gasteiger partial charge in [0.1, 0.15) is 0 Å². The van der Waals surface area contributed by atoms with E-state index in [1.807, 2.05) is 0 Å². The van der Waals surface area contributed by atoms with Gasteiger partial charge in [0.05, 0.1) is 13.2 Å². The molecule has 0 radical (unpaired) electrons. The summed E-state index contributed by atoms with van der Waals surface area (Å²) in [6.07, 6.45) is 1.87. The van der Waals surface area contributed by atoms with Gasteiger partial charge in [0, 0.05) is 12.8 Å². The molecule has 1 heterocycles. The Morgan fingerprint density at radius 3 is 2.38 bits per heavy atom. The molecule has 1 aliphatic heterocycles. The molecule has 1 saturated heterocycles. The van der Waals surface area contributed by atoms with Gasteiger partial charge in [-0.15, -0.1) is 0 Å². The van der Waals surface area contributed by atoms with E-state index in [1.165, 1.54) is 0 Å². The van der Waals surface area contributed by atoms with Gasteiger partial charge in [0.15, 0.2) is 0 Å². The molecule has 0 N–H and O–H groups in total. The van der Waals surface area contributed by atoms with Crippen molar-refractivity contribution < 1.29 is 4.74 Å². The lowest BCUT2D eigenvalue weighted by Gasteiger charge is -2.11. The van der Waals surface area contributed by atoms with E-state index in [9.17, 15) is 0 Å². The van der Waals surface area contributed by atoms with E-state index < -0.39 is 0 Å². The fourth-order valence-electron chi connectivity index (χ4n) is 0.814. The Bertz CT molecular complexity index is 99.6. The summed E-state index contributed by atoms with van der Waals surface area (Å²) in [5, 5.41) is 0. The van der Waals surface area contributed by atoms with Gasteiger partial charge in [-0.1, -0.05) is 0 Å². The summed E-state index contributed by atoms with van der Waals surface area (Å²) >= 11 is 0. The predicted molar refractivity (Wildman–Crippen MR) is 30.4 cm³/mol. The quantitative estimate of drug-likeness (QED) is 0.426. The van der Waals surface area contributed by atoms with Gasteiger partial charge < -0.3 is 9.58 Å². The Morgan fingerprint density at radius 1 is 1.38 bits per heavy atom. The minimum Gasteiger partial charge on any atom is -0.381 e. The molecule has 1 rings (SSSR count). The van der Waals surface area contributed by atoms with Crippen molar-refractivity contribution in [3.8, 4) is 0 Å². The third kappa shape index (κ3) is 1.21. The number of ether oxygens (including phenoxy) is 1. The first-order valence-electron chi connectivity index (χ1n) is 2.88. The number of hydrogen-bond acceptors (Lipinski definition) is 1. The van der Waals surface area contributed by atoms with E-state index in [2.05, 4.69) is 4.85 Å². The Labute approximate surface area is 49.3 Å². The summed E-state index contributed by atoms with van der Waals surface area (Å²) in [5.41, 5.74) is 0. The zero-order valence-corrected chi connectivity index (χ0v) is 4.76. The lowest BCUT2D eigenvalue weighted by atomic mass is 10.1. The van der Waals surface area contributed by atoms with Crippen molar-refractivity contribution in [3.05, 3.63) is 11.4 Å². The molecule has 1 aliphatic rings. The van der Waals surface area contributed by atoms with E-state index in [0.717, 1.165) is 26.1 Å². The van der Waals surface area contributed by atoms with Crippen molar-refractivity contribution in [1.82, 2.24) is 0 Å². The van der Waals surface area contributed by atoms with Crippen LogP contribution in [0, 0.1) is 6.57 Å². The van der Waals surface area contributed by atoms with Crippen LogP contribution >= 0.6 is 0 Å². The highest BCUT2D eigenvalue weighted by Gasteiger charge is 2.15. The monoisotopic (exact) mass is 111 g/mol. The van der Waals surface area contributed by atoms with Crippen LogP contribution in [0.5, 0.6) is 0 Å². The molecule has 44 valence electrons. The SMILES string of the molecule is [C-]#[N+]C1CCOCC1. The molecular weight excluding hydrogens is 102 g/mol. The summed E-state index contributed by atoms with van der Waals surface area (Å²) in [6.45, 7) is 8.24. The zero-order valence-electron chi connectivity index (χ0n) is 4.76. The summed E-state index contributed by atoms with van der Waals surface area (Å²) in [7, 11) is 0. The lowest BCUT2D eigenvalue weighted by molar-refractivity contribution is 0.0933. The Morgan fingerprint density at radius 2 is 2.00 bits per heavy atom. The first-order chi connectivity index (χ1) is 3.93. The standard InChI is InChI=1S/C6H9NO/c1-7-6-2-4-8-5-3-6/h6H,2-5H2. The van der Waals surface area contributed by atoms with Gasteiger partial charge in [-0.05, 0) is 0 Å². The molecule has 0 unspecified atom stereocenters. The fourth-order valence-corrected chi connectivity index (χ4v) is 0.814. The Kier molecular flexibility index (Phi) is 1.87. The van der Waals surface area contributed by atoms with Crippen LogP contribution in [-0.4, -0.2) is 19.3 Å². The molecular formula is C6H9NO. The highest BCUT2D eigenvalue weighted by molar-refractivity contribution is 4.79. The van der Waals surface area contributed by atoms with Gasteiger partial charge >= 0.3 is 0 Å². The maximum absolute atomic E-state index is 6.67. The van der Waals surface area contributed by atoms with Crippen LogP contribution in [0.1, 0.15) is 12.8 Å². The highest BCUT2D eigenvalue weighted by atomic mass is 16.5. The molecule has 0 atom stereocenters. The summed E-state index contributed by atoms with van der Waals surface area (Å²) in [5.74, 6) is 0. The Hall–Kier alpha value is -0.550. The molecule has 0 aliphatic carbocycles. The van der Waals surface area contributed by atoms with Crippen LogP contribution in [0.15, 0.2) is 0 Å². The van der Waals surface area contributed by atoms with Crippen LogP contribution in [-0.2, 0) is 4.74 Å². The van der Waals surface area contributed by atoms with Crippen molar-refractivity contribution >= 4 is 0 Å². The summed E-state index contributed by atoms with van der Waals surface area (Å²) < 4.78 is 5.06. The molecule has 8 heavy (non-hydrogen) atoms. The van der Waals surface area contributed by atoms with E-state index in [0.29, 0.717) is 0 Å². The number of rotatable bonds is 0. The molecule has 0 aromatic carbocycles. The summed E-state index contributed by atoms with van der Waals surface area (Å²) in [6, 6.07) is 0.253. The second-order valence-electron chi connectivity index (χ2n) is 1.97. The van der Waals surface area contributed by atoms with E-state index in [1.54, 1.807) is 0 Å². The summed E-state index contributed by atoms with van der Waals surface area (Å²) in [4.78, 5) is 3.42. The van der Waals surface area contributed by atoms with Gasteiger partial charge in [-0.3, -0.25) is 0 Å². The molecule has 0 aromatic heterocycles. The van der Waals surface area contributed by atoms with Crippen molar-refractivity contribution in [1.29, 1.82) is 0 Å². The molecule has 0 aromatic rings. The van der Waals surface area contributed by atoms with Crippen molar-refractivity contribution in [2.45, 2.75) is 18.9 Å². The third-order valence-electron chi connectivity index (χ3n) is 1.37. The molecule has 0 bridgehead atoms. The van der Waals surface area contributed by atoms with Crippen LogP contribution in [0.2, 0.25) is 0 Å². The van der Waals surface area contributed by atoms with Crippen LogP contribution in [0.4, 0.5) is 0 Å². The number of hydrogen-bond donors (Lipinski definition) is 0. The molecule has 0 saturated carbocycles. The normalized spacial score (nSPS) is 22.4. The fraction of sp³-hybridized carbons (Fsp3) is 0.833. The van der Waals surface area contributed by atoms with Gasteiger partial charge in [-0.25, -0.2) is 6.57 Å². The zero-order chi connectivity index (χ0) is 5.82. The number of nitrogens with zero attached hydrogens (tertiary/aromatic N) is 1. The van der Waals surface area contributed by atoms with Crippen LogP contribution in [0.25, 0.3) is 4.85 Å². The average molecular weight is 111 g/mol. The largest absolute Gasteiger partial charge is 0.381 e. The van der Waals surface area contributed by atoms with Crippen molar-refractivity contribution in [2.24, 2.45) is 0 Å². The smallest absolute Gasteiger partial charge is 0.228 e. The van der Waals surface area contributed by atoms with Crippen molar-refractivity contribution in [2.75, 3.05) is 13.2 Å². The molecule has 2 nitrogen and oxygen atoms in total. The molecule has 1 fully saturated rings. The molecule has 2 heteroatoms. The topological polar surface area (TPSA) is 13.6 Å². The van der Waals surface area contributed by atoms with Crippen LogP contribution in [0.3, 0.4) is 0 Å². The predicted octanol–water partition coefficient (Wildman–Crippen LogP) is 1.08. The Balaban J connectivity index is 2.25. The van der Waals surface area contributed by atoms with E-state index >= 15 is 0 Å². The van der Waals surface area contributed by atoms with Gasteiger partial charge in [-0.2, -0.15) is 0 Å². The third-order valence-corrected chi connectivity index (χ3v) is 1.37. The molecule has 0 amide bonds. The van der Waals surface area contributed by atoms with Gasteiger partial charge in [0.25, 0.3) is 0 Å². The first kappa shape index (κ1) is 5.58. The highest BCUT2D eigenvalue weighted by Crippen LogP contribution is 2.08. The van der Waals surface area contributed by atoms with Crippen molar-refractivity contribution in [3.63, 3.8) is 0 Å². The molecule has 0 spiro atoms. The van der Waals surface area contributed by atoms with Crippen LogP contribution < -0.4 is 0 Å². The van der Waals surface area contributed by atoms with E-state index in [4.69, 9.17) is 11.3 Å². The maximum atomic E-state index is 6.67. The lowest BCUT2D eigenvalue weighted by Crippen LogP contribution is -2.16. The minimum absolute atomic E-state index is 0.253. The second kappa shape index (κ2) is 2.68. The minimum atomic E-state index is 0.253. The average Bonchev–Trinajstić information content (AvgIpc) is 1.90. The first-order valence-corrected chi connectivity index (χ1v) is 2.88. The maximum Gasteiger partial charge on any atom is 0.228 e. The van der Waals surface area contributed by atoms with Gasteiger partial charge in [0.2, 0.25) is 6.04 Å². The van der Waals surface area contributed by atoms with E-state index in [-0.39, 0.29) is 6.04 Å².